The third kappa shape index (κ3) is 12.3. The van der Waals surface area contributed by atoms with E-state index in [1.54, 1.807) is 59.5 Å². The molecule has 0 saturated carbocycles. The number of aliphatic hydroxyl groups is 3. The zero-order valence-corrected chi connectivity index (χ0v) is 49.6. The Morgan fingerprint density at radius 1 is 0.671 bits per heavy atom. The first kappa shape index (κ1) is 62.0. The number of hydrogen-bond acceptors (Lipinski definition) is 22. The quantitative estimate of drug-likeness (QED) is 0.0599. The van der Waals surface area contributed by atoms with Gasteiger partial charge in [-0.1, -0.05) is 27.4 Å². The van der Waals surface area contributed by atoms with Crippen LogP contribution in [0, 0.1) is 35.5 Å². The van der Waals surface area contributed by atoms with Crippen molar-refractivity contribution in [2.45, 2.75) is 153 Å². The Morgan fingerprint density at radius 3 is 1.51 bits per heavy atom. The van der Waals surface area contributed by atoms with Gasteiger partial charge in [0.2, 0.25) is 37.2 Å². The van der Waals surface area contributed by atoms with E-state index in [4.69, 9.17) is 18.9 Å². The van der Waals surface area contributed by atoms with Crippen molar-refractivity contribution in [2.24, 2.45) is 35.5 Å². The monoisotopic (exact) mass is 1200 g/mol. The Balaban J connectivity index is 0.000000164. The van der Waals surface area contributed by atoms with Crippen LogP contribution in [0.25, 0.3) is 0 Å². The molecule has 6 N–H and O–H groups in total. The molecule has 0 unspecified atom stereocenters. The van der Waals surface area contributed by atoms with Crippen molar-refractivity contribution in [2.75, 3.05) is 26.7 Å². The summed E-state index contributed by atoms with van der Waals surface area (Å²) in [4.78, 5) is 120. The number of β-lactam (4-membered cyclic amide) rings is 3. The topological polar surface area (TPSA) is 332 Å². The highest BCUT2D eigenvalue weighted by molar-refractivity contribution is 8.04. The lowest BCUT2D eigenvalue weighted by Gasteiger charge is -2.46. The maximum atomic E-state index is 13.0. The van der Waals surface area contributed by atoms with Crippen molar-refractivity contribution in [1.29, 1.82) is 0 Å². The van der Waals surface area contributed by atoms with Crippen molar-refractivity contribution < 1.29 is 87.3 Å². The minimum atomic E-state index is -1.07. The van der Waals surface area contributed by atoms with Crippen LogP contribution in [0.15, 0.2) is 56.5 Å². The molecule has 1 aromatic rings. The maximum absolute atomic E-state index is 13.0. The summed E-state index contributed by atoms with van der Waals surface area (Å²) in [6.07, 6.45) is 2.19. The van der Waals surface area contributed by atoms with Gasteiger partial charge in [0, 0.05) is 112 Å². The molecule has 5 fully saturated rings. The standard InChI is InChI=1S/C22H29N3O7S.C17H22N2O7S.C15H20N2O4S/c1-11-16-15(12(2)26)19(27)25(16)17(20(28)30-10-31-21(29)32-22(3,4)5)18(11)33-13-8-14-23-6-7-24(14)9-13;1-7-13-12(8(2)20)16(23)19(13)14(17(24)26-6-25-9(3)21)15(7)27-10-4-11(22)18-5-10;1-6-4-9(5-16-6)22-13-7(2)11-10(8(3)18)14(19)17(11)12(13)15(20)21/h6-7,11-13,15-16,26H,8-10H2,1-5H3;7-8,10,12-13,20H,4-6H2,1-3H3,(H,18,22);7-11,16,18H,1,4-5H2,2-3H3,(H,20,21)/t11-,12-,13-,15-,16-;7-,8-,10+,12-,13-;7-,8-,9+,10-,11-/m111/s1. The SMILES string of the molecule is C=C1C[C@H](SC2=C(C(=O)O)N3C(=O)[C@H]([C@@H](C)O)[C@H]3[C@H]2C)CN1.CC(=O)OCOC(=O)C1=C(S[C@@H]2CNC(=O)C2)[C@H](C)[C@@H]2[C@@H]([C@@H](C)O)C(=O)N12.C[C@@H](O)[C@H]1C(=O)N2C(C(=O)OCOC(=O)OC(C)(C)C)=C(S[C@@H]3Cc4nccn4C3)[C@H](C)[C@H]12. The first-order chi connectivity index (χ1) is 38.5. The van der Waals surface area contributed by atoms with Crippen molar-refractivity contribution in [3.63, 3.8) is 0 Å². The number of imidazole rings is 1. The fourth-order valence-corrected chi connectivity index (χ4v) is 16.3. The number of nitrogens with zero attached hydrogens (tertiary/aromatic N) is 5. The lowest BCUT2D eigenvalue weighted by atomic mass is 9.79. The highest BCUT2D eigenvalue weighted by atomic mass is 32.2. The van der Waals surface area contributed by atoms with Gasteiger partial charge in [0.1, 0.15) is 28.5 Å². The molecule has 1 aromatic heterocycles. The summed E-state index contributed by atoms with van der Waals surface area (Å²) in [5, 5.41) is 45.6. The second-order valence-corrected chi connectivity index (χ2v) is 26.7. The van der Waals surface area contributed by atoms with Gasteiger partial charge in [-0.05, 0) is 41.5 Å². The molecule has 448 valence electrons. The van der Waals surface area contributed by atoms with Crippen LogP contribution in [0.4, 0.5) is 4.79 Å². The number of allylic oxidation sites excluding steroid dienone is 1. The lowest BCUT2D eigenvalue weighted by molar-refractivity contribution is -0.171. The third-order valence-electron chi connectivity index (χ3n) is 15.6. The van der Waals surface area contributed by atoms with Crippen LogP contribution in [0.5, 0.6) is 0 Å². The van der Waals surface area contributed by atoms with Crippen molar-refractivity contribution in [1.82, 2.24) is 34.9 Å². The number of ether oxygens (including phenoxy) is 5. The molecule has 10 rings (SSSR count). The number of carbonyl (C=O) groups is 9. The molecule has 10 heterocycles. The number of aliphatic hydroxyl groups excluding tert-OH is 3. The Hall–Kier alpha value is -6.07. The molecular formula is C54H71N7O18S3. The zero-order chi connectivity index (χ0) is 60.1. The number of carboxylic acid groups (broad SMARTS) is 1. The number of rotatable bonds is 16. The van der Waals surface area contributed by atoms with E-state index in [1.165, 1.54) is 45.1 Å². The highest BCUT2D eigenvalue weighted by Crippen LogP contribution is 2.55. The third-order valence-corrected chi connectivity index (χ3v) is 20.0. The van der Waals surface area contributed by atoms with E-state index in [-0.39, 0.29) is 92.3 Å². The van der Waals surface area contributed by atoms with Gasteiger partial charge in [-0.2, -0.15) is 0 Å². The average molecular weight is 1200 g/mol. The van der Waals surface area contributed by atoms with Crippen molar-refractivity contribution >= 4 is 88.9 Å². The van der Waals surface area contributed by atoms with E-state index >= 15 is 0 Å². The molecule has 4 amide bonds. The van der Waals surface area contributed by atoms with Gasteiger partial charge < -0.3 is 74.0 Å². The van der Waals surface area contributed by atoms with E-state index in [2.05, 4.69) is 31.5 Å². The van der Waals surface area contributed by atoms with Gasteiger partial charge in [-0.3, -0.25) is 24.0 Å². The van der Waals surface area contributed by atoms with E-state index in [0.29, 0.717) is 17.9 Å². The van der Waals surface area contributed by atoms with Crippen LogP contribution in [0.1, 0.15) is 87.9 Å². The molecular weight excluding hydrogens is 1130 g/mol. The summed E-state index contributed by atoms with van der Waals surface area (Å²) in [6, 6.07) is -0.882. The Bertz CT molecular complexity index is 2880. The van der Waals surface area contributed by atoms with Crippen LogP contribution in [0.2, 0.25) is 0 Å². The molecule has 0 bridgehead atoms. The van der Waals surface area contributed by atoms with Gasteiger partial charge in [0.25, 0.3) is 0 Å². The number of esters is 3. The number of hydrogen-bond donors (Lipinski definition) is 6. The smallest absolute Gasteiger partial charge is 0.477 e. The van der Waals surface area contributed by atoms with E-state index in [0.717, 1.165) is 47.3 Å². The highest BCUT2D eigenvalue weighted by Gasteiger charge is 2.63. The number of carbonyl (C=O) groups excluding carboxylic acids is 8. The Morgan fingerprint density at radius 2 is 1.11 bits per heavy atom. The second-order valence-electron chi connectivity index (χ2n) is 22.7. The summed E-state index contributed by atoms with van der Waals surface area (Å²) in [5.74, 6) is -5.22. The predicted octanol–water partition coefficient (Wildman–Crippen LogP) is 2.55. The minimum absolute atomic E-state index is 0.0509. The Labute approximate surface area is 486 Å². The first-order valence-corrected chi connectivity index (χ1v) is 29.7. The van der Waals surface area contributed by atoms with Gasteiger partial charge in [-0.15, -0.1) is 35.3 Å². The van der Waals surface area contributed by atoms with E-state index in [1.807, 2.05) is 27.0 Å². The number of nitrogens with one attached hydrogen (secondary N) is 2. The second kappa shape index (κ2) is 24.6. The molecule has 0 aliphatic carbocycles. The number of carboxylic acids is 1. The van der Waals surface area contributed by atoms with Crippen molar-refractivity contribution in [3.05, 3.63) is 62.3 Å². The number of aliphatic carboxylic acids is 1. The average Bonchev–Trinajstić information content (AvgIpc) is 1.78. The molecule has 0 aromatic carbocycles. The normalized spacial score (nSPS) is 30.5. The molecule has 5 saturated heterocycles. The van der Waals surface area contributed by atoms with Gasteiger partial charge in [-0.25, -0.2) is 24.2 Å². The number of thioether (sulfide) groups is 3. The summed E-state index contributed by atoms with van der Waals surface area (Å²) in [7, 11) is 0. The van der Waals surface area contributed by atoms with E-state index in [9.17, 15) is 63.6 Å². The molecule has 25 nitrogen and oxygen atoms in total. The largest absolute Gasteiger partial charge is 0.511 e. The number of amides is 4. The number of fused-ring (bicyclic) bond motifs is 4. The minimum Gasteiger partial charge on any atom is -0.477 e. The first-order valence-electron chi connectivity index (χ1n) is 27.0. The molecule has 0 radical (unpaired) electrons. The zero-order valence-electron chi connectivity index (χ0n) is 47.1. The predicted molar refractivity (Wildman–Crippen MR) is 294 cm³/mol. The maximum Gasteiger partial charge on any atom is 0.511 e. The van der Waals surface area contributed by atoms with Crippen LogP contribution in [-0.4, -0.2) is 183 Å². The summed E-state index contributed by atoms with van der Waals surface area (Å²) < 4.78 is 26.8. The molecule has 9 aliphatic rings. The molecule has 82 heavy (non-hydrogen) atoms. The summed E-state index contributed by atoms with van der Waals surface area (Å²) in [5.41, 5.74) is 0.600. The Kier molecular flexibility index (Phi) is 18.6. The van der Waals surface area contributed by atoms with Gasteiger partial charge >= 0.3 is 30.0 Å². The van der Waals surface area contributed by atoms with Crippen molar-refractivity contribution in [3.8, 4) is 0 Å². The van der Waals surface area contributed by atoms with Gasteiger partial charge in [0.15, 0.2) is 0 Å². The van der Waals surface area contributed by atoms with Crippen LogP contribution in [0.3, 0.4) is 0 Å². The van der Waals surface area contributed by atoms with Crippen LogP contribution in [-0.2, 0) is 75.0 Å². The molecule has 15 atom stereocenters. The molecule has 28 heteroatoms. The summed E-state index contributed by atoms with van der Waals surface area (Å²) in [6.45, 7) is 21.5. The van der Waals surface area contributed by atoms with Crippen LogP contribution < -0.4 is 10.6 Å². The van der Waals surface area contributed by atoms with Gasteiger partial charge in [0.05, 0.1) is 54.2 Å². The summed E-state index contributed by atoms with van der Waals surface area (Å²) >= 11 is 4.45. The molecule has 0 spiro atoms. The fraction of sp³-hybridized carbons (Fsp3) is 0.630. The van der Waals surface area contributed by atoms with Crippen LogP contribution >= 0.6 is 35.3 Å². The fourth-order valence-electron chi connectivity index (χ4n) is 12.0. The molecule has 9 aliphatic heterocycles. The number of aromatic nitrogens is 2. The lowest BCUT2D eigenvalue weighted by Crippen LogP contribution is -2.63. The van der Waals surface area contributed by atoms with E-state index < -0.39 is 85.3 Å².